The van der Waals surface area contributed by atoms with E-state index in [1.54, 1.807) is 16.8 Å². The van der Waals surface area contributed by atoms with Gasteiger partial charge in [0.15, 0.2) is 5.65 Å². The van der Waals surface area contributed by atoms with Crippen molar-refractivity contribution < 1.29 is 18.7 Å². The molecule has 2 aliphatic heterocycles. The predicted molar refractivity (Wildman–Crippen MR) is 159 cm³/mol. The van der Waals surface area contributed by atoms with Crippen molar-refractivity contribution >= 4 is 39.1 Å². The Labute approximate surface area is 244 Å². The highest BCUT2D eigenvalue weighted by molar-refractivity contribution is 5.99. The molecule has 0 spiro atoms. The minimum atomic E-state index is -0.665. The number of carbonyl (C=O) groups excluding carboxylic acids is 1. The summed E-state index contributed by atoms with van der Waals surface area (Å²) in [5, 5.41) is 19.5. The zero-order chi connectivity index (χ0) is 29.8. The molecule has 0 aliphatic carbocycles. The van der Waals surface area contributed by atoms with Crippen LogP contribution >= 0.6 is 0 Å². The van der Waals surface area contributed by atoms with Crippen molar-refractivity contribution in [2.45, 2.75) is 19.4 Å². The van der Waals surface area contributed by atoms with E-state index in [9.17, 15) is 19.1 Å². The van der Waals surface area contributed by atoms with Gasteiger partial charge in [-0.05, 0) is 42.5 Å². The Bertz CT molecular complexity index is 1990. The van der Waals surface area contributed by atoms with Crippen LogP contribution in [0.5, 0.6) is 5.75 Å². The van der Waals surface area contributed by atoms with Crippen molar-refractivity contribution in [1.82, 2.24) is 30.0 Å². The van der Waals surface area contributed by atoms with Gasteiger partial charge in [-0.3, -0.25) is 4.79 Å². The number of nitrogens with two attached hydrogens (primary N) is 1. The third-order valence-corrected chi connectivity index (χ3v) is 8.26. The number of rotatable bonds is 5. The van der Waals surface area contributed by atoms with Crippen LogP contribution in [-0.2, 0) is 4.79 Å². The van der Waals surface area contributed by atoms with E-state index in [0.29, 0.717) is 54.8 Å². The predicted octanol–water partition coefficient (Wildman–Crippen LogP) is 3.47. The molecule has 7 rings (SSSR count). The van der Waals surface area contributed by atoms with Crippen LogP contribution in [0.25, 0.3) is 38.6 Å². The van der Waals surface area contributed by atoms with Crippen LogP contribution in [0.1, 0.15) is 30.7 Å². The lowest BCUT2D eigenvalue weighted by molar-refractivity contribution is -0.136. The Kier molecular flexibility index (Phi) is 6.42. The lowest BCUT2D eigenvalue weighted by atomic mass is 9.91. The van der Waals surface area contributed by atoms with Gasteiger partial charge in [0.2, 0.25) is 5.91 Å². The molecule has 218 valence electrons. The molecular formula is C31H28FN7O4. The molecule has 0 radical (unpaired) electrons. The van der Waals surface area contributed by atoms with Gasteiger partial charge in [0, 0.05) is 43.4 Å². The number of nitrogens with one attached hydrogen (secondary N) is 1. The third-order valence-electron chi connectivity index (χ3n) is 8.26. The van der Waals surface area contributed by atoms with Crippen LogP contribution in [0.15, 0.2) is 64.1 Å². The first-order valence-corrected chi connectivity index (χ1v) is 14.0. The summed E-state index contributed by atoms with van der Waals surface area (Å²) in [4.78, 5) is 36.5. The number of carbonyl (C=O) groups is 1. The fourth-order valence-electron chi connectivity index (χ4n) is 5.95. The molecule has 2 aromatic carbocycles. The highest BCUT2D eigenvalue weighted by Gasteiger charge is 2.32. The molecule has 5 aromatic rings. The van der Waals surface area contributed by atoms with E-state index in [1.165, 1.54) is 18.5 Å². The maximum Gasteiger partial charge on any atom is 0.343 e. The average molecular weight is 582 g/mol. The molecule has 1 saturated heterocycles. The number of nitrogens with zero attached hydrogens (tertiary/aromatic N) is 5. The first-order chi connectivity index (χ1) is 20.8. The number of aromatic nitrogens is 4. The molecule has 43 heavy (non-hydrogen) atoms. The molecular weight excluding hydrogens is 553 g/mol. The number of hydrogen-bond acceptors (Lipinski definition) is 9. The Morgan fingerprint density at radius 1 is 1.19 bits per heavy atom. The molecule has 0 saturated carbocycles. The van der Waals surface area contributed by atoms with Gasteiger partial charge in [-0.25, -0.2) is 23.8 Å². The van der Waals surface area contributed by atoms with Gasteiger partial charge >= 0.3 is 5.63 Å². The summed E-state index contributed by atoms with van der Waals surface area (Å²) in [6, 6.07) is 10.2. The van der Waals surface area contributed by atoms with E-state index in [1.807, 2.05) is 30.0 Å². The molecule has 2 aliphatic rings. The molecule has 5 heterocycles. The minimum absolute atomic E-state index is 0.0119. The van der Waals surface area contributed by atoms with Crippen molar-refractivity contribution in [3.05, 3.63) is 82.4 Å². The Morgan fingerprint density at radius 2 is 1.98 bits per heavy atom. The van der Waals surface area contributed by atoms with Crippen molar-refractivity contribution in [2.75, 3.05) is 31.9 Å². The monoisotopic (exact) mass is 581 g/mol. The van der Waals surface area contributed by atoms with Gasteiger partial charge in [-0.15, -0.1) is 0 Å². The topological polar surface area (TPSA) is 152 Å². The van der Waals surface area contributed by atoms with E-state index < -0.39 is 17.5 Å². The number of fused-ring (bicyclic) bond motifs is 2. The number of anilines is 1. The smallest absolute Gasteiger partial charge is 0.343 e. The molecule has 12 heteroatoms. The third kappa shape index (κ3) is 4.50. The van der Waals surface area contributed by atoms with Crippen molar-refractivity contribution in [3.63, 3.8) is 0 Å². The molecule has 0 bridgehead atoms. The van der Waals surface area contributed by atoms with Gasteiger partial charge in [0.1, 0.15) is 41.2 Å². The number of phenolic OH excluding ortho intramolecular Hbond substituents is 1. The highest BCUT2D eigenvalue weighted by Crippen LogP contribution is 2.38. The standard InChI is InChI=1S/C31H28FN7O4/c1-16(39-29-25(28(33)35-15-36-29)26(37-39)18-10-20(32)12-21(40)11-18)27-24(22-4-2-3-5-23(22)31(42)43-27)17-6-8-38(9-7-17)30(41)19-13-34-14-19/h2-6,10-12,15-16,19,34,40H,7-9,13-14H2,1H3,(H2,33,35,36). The van der Waals surface area contributed by atoms with E-state index in [-0.39, 0.29) is 34.6 Å². The van der Waals surface area contributed by atoms with E-state index in [0.717, 1.165) is 22.6 Å². The van der Waals surface area contributed by atoms with Crippen LogP contribution in [0.2, 0.25) is 0 Å². The quantitative estimate of drug-likeness (QED) is 0.283. The SMILES string of the molecule is CC(c1oc(=O)c2ccccc2c1C1=CCN(C(=O)C2CNC2)CC1)n1nc(-c2cc(O)cc(F)c2)c2c(N)ncnc21. The summed E-state index contributed by atoms with van der Waals surface area (Å²) >= 11 is 0. The lowest BCUT2D eigenvalue weighted by Crippen LogP contribution is -2.52. The zero-order valence-corrected chi connectivity index (χ0v) is 23.2. The first-order valence-electron chi connectivity index (χ1n) is 14.0. The van der Waals surface area contributed by atoms with Crippen LogP contribution in [-0.4, -0.2) is 61.8 Å². The molecule has 1 fully saturated rings. The van der Waals surface area contributed by atoms with Gasteiger partial charge in [-0.1, -0.05) is 24.3 Å². The van der Waals surface area contributed by atoms with Gasteiger partial charge in [0.05, 0.1) is 16.7 Å². The number of halogens is 1. The fourth-order valence-corrected chi connectivity index (χ4v) is 5.95. The Morgan fingerprint density at radius 3 is 2.67 bits per heavy atom. The zero-order valence-electron chi connectivity index (χ0n) is 23.2. The van der Waals surface area contributed by atoms with Gasteiger partial charge < -0.3 is 25.5 Å². The summed E-state index contributed by atoms with van der Waals surface area (Å²) < 4.78 is 21.9. The summed E-state index contributed by atoms with van der Waals surface area (Å²) in [5.41, 5.74) is 8.40. The van der Waals surface area contributed by atoms with Crippen LogP contribution in [0, 0.1) is 11.7 Å². The van der Waals surface area contributed by atoms with Crippen molar-refractivity contribution in [2.24, 2.45) is 5.92 Å². The Balaban J connectivity index is 1.39. The van der Waals surface area contributed by atoms with Crippen molar-refractivity contribution in [3.8, 4) is 17.0 Å². The lowest BCUT2D eigenvalue weighted by Gasteiger charge is -2.34. The van der Waals surface area contributed by atoms with Crippen LogP contribution in [0.3, 0.4) is 0 Å². The van der Waals surface area contributed by atoms with Gasteiger partial charge in [-0.2, -0.15) is 5.10 Å². The average Bonchev–Trinajstić information content (AvgIpc) is 3.37. The number of phenols is 1. The fraction of sp³-hybridized carbons (Fsp3) is 0.258. The number of amides is 1. The molecule has 3 aromatic heterocycles. The largest absolute Gasteiger partial charge is 0.508 e. The summed E-state index contributed by atoms with van der Waals surface area (Å²) in [6.07, 6.45) is 3.90. The Hall–Kier alpha value is -5.10. The maximum absolute atomic E-state index is 14.3. The molecule has 4 N–H and O–H groups in total. The van der Waals surface area contributed by atoms with Crippen LogP contribution < -0.4 is 16.7 Å². The second kappa shape index (κ2) is 10.3. The van der Waals surface area contributed by atoms with E-state index >= 15 is 0 Å². The summed E-state index contributed by atoms with van der Waals surface area (Å²) in [5.74, 6) is -0.262. The molecule has 1 unspecified atom stereocenters. The number of nitrogen functional groups attached to an aromatic ring is 1. The normalized spacial score (nSPS) is 16.3. The highest BCUT2D eigenvalue weighted by atomic mass is 19.1. The second-order valence-electron chi connectivity index (χ2n) is 10.9. The van der Waals surface area contributed by atoms with E-state index in [4.69, 9.17) is 15.2 Å². The molecule has 1 amide bonds. The summed E-state index contributed by atoms with van der Waals surface area (Å²) in [7, 11) is 0. The number of aromatic hydroxyl groups is 1. The minimum Gasteiger partial charge on any atom is -0.508 e. The first kappa shape index (κ1) is 26.8. The van der Waals surface area contributed by atoms with Gasteiger partial charge in [0.25, 0.3) is 0 Å². The second-order valence-corrected chi connectivity index (χ2v) is 10.9. The van der Waals surface area contributed by atoms with Crippen LogP contribution in [0.4, 0.5) is 10.2 Å². The maximum atomic E-state index is 14.3. The number of benzene rings is 2. The van der Waals surface area contributed by atoms with E-state index in [2.05, 4.69) is 15.3 Å². The molecule has 11 nitrogen and oxygen atoms in total. The van der Waals surface area contributed by atoms with Crippen molar-refractivity contribution in [1.29, 1.82) is 0 Å². The number of hydrogen-bond donors (Lipinski definition) is 3. The summed E-state index contributed by atoms with van der Waals surface area (Å²) in [6.45, 7) is 4.23. The molecule has 1 atom stereocenters.